The average molecular weight is 658 g/mol. The van der Waals surface area contributed by atoms with Gasteiger partial charge in [0, 0.05) is 61.1 Å². The number of carbonyl (C=O) groups is 2. The number of aromatic nitrogens is 1. The van der Waals surface area contributed by atoms with E-state index in [1.54, 1.807) is 23.1 Å². The average Bonchev–Trinajstić information content (AvgIpc) is 3.28. The lowest BCUT2D eigenvalue weighted by molar-refractivity contribution is -0.199. The number of rotatable bonds is 4. The van der Waals surface area contributed by atoms with Gasteiger partial charge >= 0.3 is 6.09 Å². The Kier molecular flexibility index (Phi) is 8.47. The van der Waals surface area contributed by atoms with Crippen molar-refractivity contribution in [2.45, 2.75) is 91.6 Å². The maximum Gasteiger partial charge on any atom is 0.410 e. The number of pyridine rings is 1. The topological polar surface area (TPSA) is 99.0 Å². The molecule has 0 spiro atoms. The van der Waals surface area contributed by atoms with Gasteiger partial charge in [-0.25, -0.2) is 9.78 Å². The highest BCUT2D eigenvalue weighted by molar-refractivity contribution is 6.31. The molecule has 3 heterocycles. The highest BCUT2D eigenvalue weighted by atomic mass is 35.5. The van der Waals surface area contributed by atoms with Gasteiger partial charge in [0.2, 0.25) is 0 Å². The molecule has 2 amide bonds. The number of nitriles is 1. The molecular weight excluding hydrogens is 614 g/mol. The SMILES string of the molecule is CC(C)(C)OC(=O)N1CCN(C2CC(C#Cc3ccc4c(n3)CN(C3C(C)(C)C(Oc5ccc(C#N)c(Cl)c5)C3(C)C)C4=O)C2)CC1. The summed E-state index contributed by atoms with van der Waals surface area (Å²) in [6.45, 7) is 17.7. The number of carbonyl (C=O) groups excluding carboxylic acids is 2. The van der Waals surface area contributed by atoms with E-state index in [-0.39, 0.29) is 35.0 Å². The van der Waals surface area contributed by atoms with Crippen LogP contribution in [0.5, 0.6) is 5.75 Å². The van der Waals surface area contributed by atoms with Crippen molar-refractivity contribution in [1.82, 2.24) is 19.7 Å². The number of halogens is 1. The van der Waals surface area contributed by atoms with Crippen LogP contribution in [0.25, 0.3) is 0 Å². The summed E-state index contributed by atoms with van der Waals surface area (Å²) in [5.41, 5.74) is 1.35. The van der Waals surface area contributed by atoms with Crippen molar-refractivity contribution >= 4 is 23.6 Å². The van der Waals surface area contributed by atoms with Crippen LogP contribution < -0.4 is 4.74 Å². The first-order chi connectivity index (χ1) is 22.1. The minimum Gasteiger partial charge on any atom is -0.489 e. The summed E-state index contributed by atoms with van der Waals surface area (Å²) < 4.78 is 12.0. The molecule has 9 nitrogen and oxygen atoms in total. The van der Waals surface area contributed by atoms with Crippen LogP contribution in [0.15, 0.2) is 30.3 Å². The Bertz CT molecular complexity index is 1670. The molecule has 0 radical (unpaired) electrons. The van der Waals surface area contributed by atoms with Crippen LogP contribution >= 0.6 is 11.6 Å². The molecule has 2 aromatic rings. The molecule has 10 heteroatoms. The number of piperazine rings is 1. The van der Waals surface area contributed by atoms with Crippen LogP contribution in [0.1, 0.15) is 88.6 Å². The highest BCUT2D eigenvalue weighted by Gasteiger charge is 2.67. The molecule has 3 fully saturated rings. The third-order valence-corrected chi connectivity index (χ3v) is 10.5. The van der Waals surface area contributed by atoms with E-state index < -0.39 is 5.60 Å². The van der Waals surface area contributed by atoms with Gasteiger partial charge in [0.1, 0.15) is 29.2 Å². The van der Waals surface area contributed by atoms with Gasteiger partial charge < -0.3 is 19.3 Å². The Morgan fingerprint density at radius 2 is 1.72 bits per heavy atom. The minimum atomic E-state index is -0.481. The Balaban J connectivity index is 1.04. The normalized spacial score (nSPS) is 26.2. The molecule has 1 aromatic carbocycles. The van der Waals surface area contributed by atoms with Gasteiger partial charge in [-0.05, 0) is 63.8 Å². The van der Waals surface area contributed by atoms with Crippen LogP contribution in [-0.4, -0.2) is 81.7 Å². The quantitative estimate of drug-likeness (QED) is 0.365. The molecule has 2 aliphatic heterocycles. The van der Waals surface area contributed by atoms with Gasteiger partial charge in [-0.3, -0.25) is 9.69 Å². The number of hydrogen-bond acceptors (Lipinski definition) is 7. The third kappa shape index (κ3) is 6.28. The van der Waals surface area contributed by atoms with Crippen LogP contribution in [0.3, 0.4) is 0 Å². The zero-order valence-electron chi connectivity index (χ0n) is 28.4. The highest BCUT2D eigenvalue weighted by Crippen LogP contribution is 2.59. The molecule has 2 aliphatic carbocycles. The Morgan fingerprint density at radius 3 is 2.34 bits per heavy atom. The predicted molar refractivity (Wildman–Crippen MR) is 179 cm³/mol. The molecular formula is C37H44ClN5O4. The number of amides is 2. The van der Waals surface area contributed by atoms with Gasteiger partial charge in [0.15, 0.2) is 0 Å². The van der Waals surface area contributed by atoms with Gasteiger partial charge in [-0.2, -0.15) is 5.26 Å². The van der Waals surface area contributed by atoms with Crippen molar-refractivity contribution < 1.29 is 19.1 Å². The van der Waals surface area contributed by atoms with E-state index in [0.29, 0.717) is 59.2 Å². The van der Waals surface area contributed by atoms with Gasteiger partial charge in [0.05, 0.1) is 28.4 Å². The summed E-state index contributed by atoms with van der Waals surface area (Å²) in [4.78, 5) is 37.1. The van der Waals surface area contributed by atoms with Crippen molar-refractivity contribution in [3.05, 3.63) is 57.9 Å². The van der Waals surface area contributed by atoms with Crippen LogP contribution in [0, 0.1) is 39.9 Å². The molecule has 1 aromatic heterocycles. The smallest absolute Gasteiger partial charge is 0.410 e. The molecule has 248 valence electrons. The van der Waals surface area contributed by atoms with Gasteiger partial charge in [0.25, 0.3) is 5.91 Å². The second-order valence-corrected chi connectivity index (χ2v) is 15.9. The lowest BCUT2D eigenvalue weighted by Crippen LogP contribution is -2.74. The second-order valence-electron chi connectivity index (χ2n) is 15.5. The number of hydrogen-bond donors (Lipinski definition) is 0. The summed E-state index contributed by atoms with van der Waals surface area (Å²) in [5, 5.41) is 9.57. The molecule has 6 rings (SSSR count). The molecule has 0 N–H and O–H groups in total. The van der Waals surface area contributed by atoms with Crippen molar-refractivity contribution in [2.24, 2.45) is 16.7 Å². The van der Waals surface area contributed by atoms with Gasteiger partial charge in [-0.1, -0.05) is 45.2 Å². The molecule has 2 saturated carbocycles. The molecule has 4 aliphatic rings. The first-order valence-electron chi connectivity index (χ1n) is 16.5. The molecule has 0 atom stereocenters. The first-order valence-corrected chi connectivity index (χ1v) is 16.9. The zero-order chi connectivity index (χ0) is 33.9. The summed E-state index contributed by atoms with van der Waals surface area (Å²) in [7, 11) is 0. The van der Waals surface area contributed by atoms with E-state index in [0.717, 1.165) is 31.6 Å². The Morgan fingerprint density at radius 1 is 1.04 bits per heavy atom. The van der Waals surface area contributed by atoms with E-state index in [4.69, 9.17) is 26.1 Å². The number of ether oxygens (including phenoxy) is 2. The fourth-order valence-corrected chi connectivity index (χ4v) is 8.48. The number of nitrogens with zero attached hydrogens (tertiary/aromatic N) is 5. The van der Waals surface area contributed by atoms with E-state index in [9.17, 15) is 14.9 Å². The van der Waals surface area contributed by atoms with Gasteiger partial charge in [-0.15, -0.1) is 0 Å². The summed E-state index contributed by atoms with van der Waals surface area (Å²) >= 11 is 6.26. The van der Waals surface area contributed by atoms with Crippen LogP contribution in [-0.2, 0) is 11.3 Å². The Hall–Kier alpha value is -3.79. The molecule has 47 heavy (non-hydrogen) atoms. The number of fused-ring (bicyclic) bond motifs is 1. The van der Waals surface area contributed by atoms with Crippen LogP contribution in [0.4, 0.5) is 4.79 Å². The van der Waals surface area contributed by atoms with Crippen molar-refractivity contribution in [2.75, 3.05) is 26.2 Å². The lowest BCUT2D eigenvalue weighted by Gasteiger charge is -2.65. The van der Waals surface area contributed by atoms with E-state index in [2.05, 4.69) is 50.5 Å². The maximum atomic E-state index is 13.7. The van der Waals surface area contributed by atoms with Crippen LogP contribution in [0.2, 0.25) is 5.02 Å². The summed E-state index contributed by atoms with van der Waals surface area (Å²) in [5.74, 6) is 7.61. The van der Waals surface area contributed by atoms with E-state index >= 15 is 0 Å². The van der Waals surface area contributed by atoms with E-state index in [1.165, 1.54) is 0 Å². The predicted octanol–water partition coefficient (Wildman–Crippen LogP) is 6.13. The largest absolute Gasteiger partial charge is 0.489 e. The fraction of sp³-hybridized carbons (Fsp3) is 0.568. The monoisotopic (exact) mass is 657 g/mol. The second kappa shape index (κ2) is 12.0. The van der Waals surface area contributed by atoms with Crippen molar-refractivity contribution in [1.29, 1.82) is 5.26 Å². The molecule has 0 unspecified atom stereocenters. The van der Waals surface area contributed by atoms with E-state index in [1.807, 2.05) is 37.8 Å². The molecule has 1 saturated heterocycles. The maximum absolute atomic E-state index is 13.7. The Labute approximate surface area is 283 Å². The van der Waals surface area contributed by atoms with Crippen molar-refractivity contribution in [3.63, 3.8) is 0 Å². The van der Waals surface area contributed by atoms with Crippen molar-refractivity contribution in [3.8, 4) is 23.7 Å². The summed E-state index contributed by atoms with van der Waals surface area (Å²) in [6, 6.07) is 11.3. The first kappa shape index (κ1) is 33.1. The lowest BCUT2D eigenvalue weighted by atomic mass is 9.49. The third-order valence-electron chi connectivity index (χ3n) is 10.2. The number of benzene rings is 1. The molecule has 0 bridgehead atoms. The zero-order valence-corrected chi connectivity index (χ0v) is 29.1. The summed E-state index contributed by atoms with van der Waals surface area (Å²) in [6.07, 6.45) is 1.63. The fourth-order valence-electron chi connectivity index (χ4n) is 8.27. The minimum absolute atomic E-state index is 0.00775. The standard InChI is InChI=1S/C37H44ClN5O4/c1-35(2,3)47-34(45)42-16-14-41(15-17-42)26-18-23(19-26)8-10-25-11-13-28-30(40-25)22-43(31(28)44)32-36(4,5)33(37(32,6)7)46-27-12-9-24(21-39)29(38)20-27/h9,11-13,20,23,26,32-33H,14-19,22H2,1-7H3.